The van der Waals surface area contributed by atoms with Crippen LogP contribution >= 0.6 is 11.6 Å². The molecule has 0 N–H and O–H groups in total. The summed E-state index contributed by atoms with van der Waals surface area (Å²) >= 11 is 6.18. The number of carbonyl (C=O) groups is 1. The van der Waals surface area contributed by atoms with Crippen molar-refractivity contribution >= 4 is 17.4 Å². The molecule has 0 fully saturated rings. The summed E-state index contributed by atoms with van der Waals surface area (Å²) in [5.74, 6) is 1.34. The number of hydrogen-bond donors (Lipinski definition) is 0. The number of halogens is 1. The highest BCUT2D eigenvalue weighted by atomic mass is 35.5. The summed E-state index contributed by atoms with van der Waals surface area (Å²) in [7, 11) is 3.15. The molecule has 0 amide bonds. The van der Waals surface area contributed by atoms with Crippen molar-refractivity contribution in [3.63, 3.8) is 0 Å². The van der Waals surface area contributed by atoms with Crippen LogP contribution < -0.4 is 9.47 Å². The van der Waals surface area contributed by atoms with Gasteiger partial charge >= 0.3 is 0 Å². The summed E-state index contributed by atoms with van der Waals surface area (Å²) in [5.41, 5.74) is 1.77. The quantitative estimate of drug-likeness (QED) is 0.812. The third kappa shape index (κ3) is 2.91. The fourth-order valence-electron chi connectivity index (χ4n) is 1.89. The summed E-state index contributed by atoms with van der Waals surface area (Å²) in [5, 5.41) is 0.551. The number of carbonyl (C=O) groups excluding carboxylic acids is 1. The van der Waals surface area contributed by atoms with Gasteiger partial charge in [0.25, 0.3) is 0 Å². The van der Waals surface area contributed by atoms with Gasteiger partial charge in [0.15, 0.2) is 11.5 Å². The van der Waals surface area contributed by atoms with Gasteiger partial charge in [-0.3, -0.25) is 4.79 Å². The number of ketones is 1. The Bertz CT molecular complexity index is 427. The van der Waals surface area contributed by atoms with Crippen molar-refractivity contribution in [2.24, 2.45) is 0 Å². The Morgan fingerprint density at radius 1 is 1.29 bits per heavy atom. The Kier molecular flexibility index (Phi) is 4.82. The van der Waals surface area contributed by atoms with E-state index in [4.69, 9.17) is 21.1 Å². The van der Waals surface area contributed by atoms with Gasteiger partial charge in [0.05, 0.1) is 14.2 Å². The van der Waals surface area contributed by atoms with Crippen LogP contribution in [0.1, 0.15) is 25.0 Å². The second kappa shape index (κ2) is 5.92. The number of ether oxygens (including phenoxy) is 2. The van der Waals surface area contributed by atoms with E-state index in [1.165, 1.54) is 0 Å². The second-order valence-corrected chi connectivity index (χ2v) is 4.19. The lowest BCUT2D eigenvalue weighted by atomic mass is 9.99. The zero-order valence-corrected chi connectivity index (χ0v) is 11.4. The molecule has 0 aromatic heterocycles. The fraction of sp³-hybridized carbons (Fsp3) is 0.462. The maximum Gasteiger partial charge on any atom is 0.164 e. The maximum atomic E-state index is 11.3. The molecular weight excluding hydrogens is 240 g/mol. The van der Waals surface area contributed by atoms with Gasteiger partial charge in [-0.15, -0.1) is 0 Å². The Hall–Kier alpha value is -1.22. The maximum absolute atomic E-state index is 11.3. The van der Waals surface area contributed by atoms with Crippen LogP contribution in [-0.4, -0.2) is 20.0 Å². The molecule has 1 rings (SSSR count). The number of benzene rings is 1. The zero-order valence-electron chi connectivity index (χ0n) is 10.6. The molecule has 1 aromatic carbocycles. The van der Waals surface area contributed by atoms with Crippen molar-refractivity contribution in [2.75, 3.05) is 14.2 Å². The van der Waals surface area contributed by atoms with E-state index in [0.29, 0.717) is 22.9 Å². The normalized spacial score (nSPS) is 10.2. The highest BCUT2D eigenvalue weighted by Gasteiger charge is 2.18. The number of rotatable bonds is 5. The summed E-state index contributed by atoms with van der Waals surface area (Å²) in [6.07, 6.45) is 1.06. The van der Waals surface area contributed by atoms with Gasteiger partial charge in [-0.2, -0.15) is 0 Å². The largest absolute Gasteiger partial charge is 0.493 e. The predicted octanol–water partition coefficient (Wildman–Crippen LogP) is 3.05. The van der Waals surface area contributed by atoms with E-state index in [-0.39, 0.29) is 5.78 Å². The molecule has 0 saturated carbocycles. The van der Waals surface area contributed by atoms with E-state index in [0.717, 1.165) is 17.5 Å². The predicted molar refractivity (Wildman–Crippen MR) is 68.3 cm³/mol. The van der Waals surface area contributed by atoms with Crippen LogP contribution in [0.25, 0.3) is 0 Å². The van der Waals surface area contributed by atoms with Gasteiger partial charge in [-0.05, 0) is 18.9 Å². The highest BCUT2D eigenvalue weighted by Crippen LogP contribution is 2.38. The average molecular weight is 257 g/mol. The van der Waals surface area contributed by atoms with Crippen molar-refractivity contribution in [1.29, 1.82) is 0 Å². The molecule has 0 aliphatic carbocycles. The molecule has 94 valence electrons. The zero-order chi connectivity index (χ0) is 13.0. The van der Waals surface area contributed by atoms with E-state index in [9.17, 15) is 4.79 Å². The van der Waals surface area contributed by atoms with E-state index >= 15 is 0 Å². The molecule has 0 heterocycles. The molecule has 0 aliphatic rings. The lowest BCUT2D eigenvalue weighted by Crippen LogP contribution is -2.05. The summed E-state index contributed by atoms with van der Waals surface area (Å²) in [6, 6.07) is 1.69. The van der Waals surface area contributed by atoms with Crippen molar-refractivity contribution in [3.05, 3.63) is 22.2 Å². The van der Waals surface area contributed by atoms with Gasteiger partial charge in [-0.25, -0.2) is 0 Å². The van der Waals surface area contributed by atoms with E-state index in [1.54, 1.807) is 27.2 Å². The van der Waals surface area contributed by atoms with E-state index < -0.39 is 0 Å². The van der Waals surface area contributed by atoms with Gasteiger partial charge in [-0.1, -0.05) is 18.5 Å². The molecule has 0 spiro atoms. The Balaban J connectivity index is 3.43. The van der Waals surface area contributed by atoms with E-state index in [2.05, 4.69) is 0 Å². The minimum Gasteiger partial charge on any atom is -0.493 e. The molecule has 0 saturated heterocycles. The SMILES string of the molecule is CCc1c(CC(C)=O)c(Cl)cc(OC)c1OC. The number of methoxy groups -OCH3 is 2. The minimum absolute atomic E-state index is 0.0776. The van der Waals surface area contributed by atoms with Gasteiger partial charge in [0.2, 0.25) is 0 Å². The summed E-state index contributed by atoms with van der Waals surface area (Å²) < 4.78 is 10.6. The molecule has 0 bridgehead atoms. The fourth-order valence-corrected chi connectivity index (χ4v) is 2.17. The smallest absolute Gasteiger partial charge is 0.164 e. The van der Waals surface area contributed by atoms with Crippen LogP contribution in [0.15, 0.2) is 6.07 Å². The molecule has 0 atom stereocenters. The summed E-state index contributed by atoms with van der Waals surface area (Å²) in [4.78, 5) is 11.3. The first-order chi connectivity index (χ1) is 8.04. The van der Waals surface area contributed by atoms with Crippen LogP contribution in [0.5, 0.6) is 11.5 Å². The number of hydrogen-bond acceptors (Lipinski definition) is 3. The third-order valence-electron chi connectivity index (χ3n) is 2.61. The molecule has 0 aliphatic heterocycles. The van der Waals surface area contributed by atoms with Gasteiger partial charge in [0.1, 0.15) is 5.78 Å². The van der Waals surface area contributed by atoms with Crippen molar-refractivity contribution in [2.45, 2.75) is 26.7 Å². The molecule has 0 unspecified atom stereocenters. The van der Waals surface area contributed by atoms with E-state index in [1.807, 2.05) is 6.92 Å². The molecule has 0 radical (unpaired) electrons. The second-order valence-electron chi connectivity index (χ2n) is 3.78. The molecule has 4 heteroatoms. The highest BCUT2D eigenvalue weighted by molar-refractivity contribution is 6.32. The average Bonchev–Trinajstić information content (AvgIpc) is 2.30. The standard InChI is InChI=1S/C13H17ClO3/c1-5-9-10(6-8(2)15)11(14)7-12(16-3)13(9)17-4/h7H,5-6H2,1-4H3. The van der Waals surface area contributed by atoms with Crippen LogP contribution in [0.4, 0.5) is 0 Å². The first-order valence-electron chi connectivity index (χ1n) is 5.46. The van der Waals surface area contributed by atoms with Gasteiger partial charge < -0.3 is 9.47 Å². The van der Waals surface area contributed by atoms with Crippen LogP contribution in [-0.2, 0) is 17.6 Å². The topological polar surface area (TPSA) is 35.5 Å². The molecule has 17 heavy (non-hydrogen) atoms. The van der Waals surface area contributed by atoms with Crippen molar-refractivity contribution in [3.8, 4) is 11.5 Å². The molecule has 3 nitrogen and oxygen atoms in total. The van der Waals surface area contributed by atoms with Crippen LogP contribution in [0, 0.1) is 0 Å². The Morgan fingerprint density at radius 2 is 1.94 bits per heavy atom. The van der Waals surface area contributed by atoms with Crippen molar-refractivity contribution in [1.82, 2.24) is 0 Å². The third-order valence-corrected chi connectivity index (χ3v) is 2.95. The lowest BCUT2D eigenvalue weighted by molar-refractivity contribution is -0.116. The van der Waals surface area contributed by atoms with Crippen LogP contribution in [0.2, 0.25) is 5.02 Å². The minimum atomic E-state index is 0.0776. The number of Topliss-reactive ketones (excluding diaryl/α,β-unsaturated/α-hetero) is 1. The Morgan fingerprint density at radius 3 is 2.35 bits per heavy atom. The monoisotopic (exact) mass is 256 g/mol. The van der Waals surface area contributed by atoms with Crippen molar-refractivity contribution < 1.29 is 14.3 Å². The first-order valence-corrected chi connectivity index (χ1v) is 5.84. The molecular formula is C13H17ClO3. The Labute approximate surface area is 107 Å². The molecule has 1 aromatic rings. The van der Waals surface area contributed by atoms with Crippen LogP contribution in [0.3, 0.4) is 0 Å². The first kappa shape index (κ1) is 13.8. The lowest BCUT2D eigenvalue weighted by Gasteiger charge is -2.17. The van der Waals surface area contributed by atoms with Gasteiger partial charge in [0, 0.05) is 23.1 Å². The summed E-state index contributed by atoms with van der Waals surface area (Å²) in [6.45, 7) is 3.55.